The molecule has 2 rings (SSSR count). The van der Waals surface area contributed by atoms with E-state index in [4.69, 9.17) is 23.2 Å². The summed E-state index contributed by atoms with van der Waals surface area (Å²) in [6, 6.07) is 10.2. The first-order chi connectivity index (χ1) is 10.5. The topological polar surface area (TPSA) is 84.6 Å². The van der Waals surface area contributed by atoms with Gasteiger partial charge in [-0.15, -0.1) is 0 Å². The molecule has 6 nitrogen and oxygen atoms in total. The van der Waals surface area contributed by atoms with E-state index in [1.54, 1.807) is 6.07 Å². The van der Waals surface area contributed by atoms with Crippen LogP contribution in [0, 0.1) is 10.1 Å². The smallest absolute Gasteiger partial charge is 0.267 e. The predicted molar refractivity (Wildman–Crippen MR) is 84.6 cm³/mol. The maximum Gasteiger partial charge on any atom is 0.272 e. The molecule has 2 aromatic rings. The Bertz CT molecular complexity index is 745. The summed E-state index contributed by atoms with van der Waals surface area (Å²) in [5.74, 6) is -0.486. The first-order valence-corrected chi connectivity index (χ1v) is 6.76. The largest absolute Gasteiger partial charge is 0.272 e. The molecule has 0 saturated heterocycles. The molecule has 0 aromatic heterocycles. The number of carbonyl (C=O) groups is 1. The van der Waals surface area contributed by atoms with Crippen molar-refractivity contribution < 1.29 is 9.72 Å². The summed E-state index contributed by atoms with van der Waals surface area (Å²) >= 11 is 11.7. The number of hydrogen-bond donors (Lipinski definition) is 1. The second kappa shape index (κ2) is 7.02. The van der Waals surface area contributed by atoms with E-state index in [0.717, 1.165) is 0 Å². The van der Waals surface area contributed by atoms with Gasteiger partial charge < -0.3 is 0 Å². The third-order valence-corrected chi connectivity index (χ3v) is 3.21. The Morgan fingerprint density at radius 1 is 1.18 bits per heavy atom. The van der Waals surface area contributed by atoms with Crippen molar-refractivity contribution in [3.8, 4) is 0 Å². The fourth-order valence-electron chi connectivity index (χ4n) is 1.58. The zero-order chi connectivity index (χ0) is 16.1. The van der Waals surface area contributed by atoms with Gasteiger partial charge in [0.05, 0.1) is 21.7 Å². The van der Waals surface area contributed by atoms with Crippen LogP contribution in [0.5, 0.6) is 0 Å². The van der Waals surface area contributed by atoms with Crippen molar-refractivity contribution in [3.63, 3.8) is 0 Å². The summed E-state index contributed by atoms with van der Waals surface area (Å²) in [5, 5.41) is 14.9. The van der Waals surface area contributed by atoms with Crippen molar-refractivity contribution >= 4 is 41.0 Å². The Hall–Kier alpha value is -2.44. The zero-order valence-corrected chi connectivity index (χ0v) is 12.5. The number of nitro groups is 1. The monoisotopic (exact) mass is 337 g/mol. The summed E-state index contributed by atoms with van der Waals surface area (Å²) in [5.41, 5.74) is 3.14. The number of nitrogens with one attached hydrogen (secondary N) is 1. The molecule has 0 unspecified atom stereocenters. The molecule has 1 amide bonds. The van der Waals surface area contributed by atoms with E-state index in [9.17, 15) is 14.9 Å². The number of hydrogen-bond acceptors (Lipinski definition) is 4. The Morgan fingerprint density at radius 2 is 1.86 bits per heavy atom. The second-order valence-electron chi connectivity index (χ2n) is 4.17. The highest BCUT2D eigenvalue weighted by Crippen LogP contribution is 2.20. The van der Waals surface area contributed by atoms with E-state index in [1.807, 2.05) is 0 Å². The normalized spacial score (nSPS) is 10.6. The molecule has 0 aliphatic carbocycles. The molecular weight excluding hydrogens is 329 g/mol. The molecule has 0 spiro atoms. The molecule has 0 fully saturated rings. The molecule has 0 saturated carbocycles. The Kier molecular flexibility index (Phi) is 5.08. The van der Waals surface area contributed by atoms with Crippen LogP contribution in [0.2, 0.25) is 10.0 Å². The van der Waals surface area contributed by atoms with Gasteiger partial charge in [0, 0.05) is 17.2 Å². The highest BCUT2D eigenvalue weighted by Gasteiger charge is 2.09. The standard InChI is InChI=1S/C14H9Cl2N3O3/c15-10-3-6-12(13(16)7-10)14(20)18-17-8-9-1-4-11(5-2-9)19(21)22/h1-8H,(H,18,20)/b17-8+. The maximum atomic E-state index is 11.9. The van der Waals surface area contributed by atoms with Gasteiger partial charge in [0.1, 0.15) is 0 Å². The van der Waals surface area contributed by atoms with Crippen molar-refractivity contribution in [1.82, 2.24) is 5.43 Å². The number of nitro benzene ring substituents is 1. The average Bonchev–Trinajstić information content (AvgIpc) is 2.47. The van der Waals surface area contributed by atoms with Gasteiger partial charge in [-0.1, -0.05) is 23.2 Å². The van der Waals surface area contributed by atoms with Crippen molar-refractivity contribution in [2.75, 3.05) is 0 Å². The van der Waals surface area contributed by atoms with Gasteiger partial charge in [-0.05, 0) is 35.9 Å². The Labute approximate surface area is 135 Å². The Balaban J connectivity index is 2.02. The summed E-state index contributed by atoms with van der Waals surface area (Å²) in [6.45, 7) is 0. The fourth-order valence-corrected chi connectivity index (χ4v) is 2.08. The molecule has 0 bridgehead atoms. The molecule has 0 atom stereocenters. The second-order valence-corrected chi connectivity index (χ2v) is 5.02. The van der Waals surface area contributed by atoms with E-state index in [-0.39, 0.29) is 16.3 Å². The lowest BCUT2D eigenvalue weighted by Crippen LogP contribution is -2.18. The first-order valence-electron chi connectivity index (χ1n) is 6.00. The number of halogens is 2. The van der Waals surface area contributed by atoms with E-state index in [1.165, 1.54) is 42.6 Å². The molecule has 112 valence electrons. The zero-order valence-electron chi connectivity index (χ0n) is 11.0. The van der Waals surface area contributed by atoms with E-state index >= 15 is 0 Å². The molecule has 0 heterocycles. The van der Waals surface area contributed by atoms with Crippen LogP contribution in [0.4, 0.5) is 5.69 Å². The summed E-state index contributed by atoms with van der Waals surface area (Å²) < 4.78 is 0. The SMILES string of the molecule is O=C(N/N=C/c1ccc([N+](=O)[O-])cc1)c1ccc(Cl)cc1Cl. The molecule has 0 radical (unpaired) electrons. The van der Waals surface area contributed by atoms with E-state index in [0.29, 0.717) is 10.6 Å². The van der Waals surface area contributed by atoms with Gasteiger partial charge in [0.25, 0.3) is 11.6 Å². The van der Waals surface area contributed by atoms with Crippen LogP contribution in [-0.2, 0) is 0 Å². The van der Waals surface area contributed by atoms with Crippen LogP contribution in [-0.4, -0.2) is 17.0 Å². The number of benzene rings is 2. The quantitative estimate of drug-likeness (QED) is 0.524. The van der Waals surface area contributed by atoms with Crippen LogP contribution in [0.3, 0.4) is 0 Å². The minimum atomic E-state index is -0.495. The molecule has 0 aliphatic heterocycles. The van der Waals surface area contributed by atoms with Gasteiger partial charge in [0.15, 0.2) is 0 Å². The highest BCUT2D eigenvalue weighted by molar-refractivity contribution is 6.36. The lowest BCUT2D eigenvalue weighted by Gasteiger charge is -2.02. The van der Waals surface area contributed by atoms with Crippen LogP contribution in [0.25, 0.3) is 0 Å². The van der Waals surface area contributed by atoms with Crippen molar-refractivity contribution in [2.24, 2.45) is 5.10 Å². The summed E-state index contributed by atoms with van der Waals surface area (Å²) in [6.07, 6.45) is 1.37. The first kappa shape index (κ1) is 15.9. The highest BCUT2D eigenvalue weighted by atomic mass is 35.5. The van der Waals surface area contributed by atoms with Crippen LogP contribution in [0.15, 0.2) is 47.6 Å². The maximum absolute atomic E-state index is 11.9. The third-order valence-electron chi connectivity index (χ3n) is 2.66. The number of rotatable bonds is 4. The molecule has 2 aromatic carbocycles. The number of amides is 1. The minimum Gasteiger partial charge on any atom is -0.267 e. The third kappa shape index (κ3) is 4.03. The molecule has 0 aliphatic rings. The molecule has 22 heavy (non-hydrogen) atoms. The van der Waals surface area contributed by atoms with E-state index < -0.39 is 10.8 Å². The van der Waals surface area contributed by atoms with Crippen LogP contribution in [0.1, 0.15) is 15.9 Å². The lowest BCUT2D eigenvalue weighted by molar-refractivity contribution is -0.384. The lowest BCUT2D eigenvalue weighted by atomic mass is 10.2. The molecule has 1 N–H and O–H groups in total. The van der Waals surface area contributed by atoms with Gasteiger partial charge in [0.2, 0.25) is 0 Å². The van der Waals surface area contributed by atoms with Crippen molar-refractivity contribution in [2.45, 2.75) is 0 Å². The molecular formula is C14H9Cl2N3O3. The number of hydrazone groups is 1. The summed E-state index contributed by atoms with van der Waals surface area (Å²) in [7, 11) is 0. The number of non-ortho nitro benzene ring substituents is 1. The van der Waals surface area contributed by atoms with Gasteiger partial charge in [-0.2, -0.15) is 5.10 Å². The van der Waals surface area contributed by atoms with E-state index in [2.05, 4.69) is 10.5 Å². The van der Waals surface area contributed by atoms with Crippen molar-refractivity contribution in [3.05, 3.63) is 73.8 Å². The van der Waals surface area contributed by atoms with Gasteiger partial charge >= 0.3 is 0 Å². The van der Waals surface area contributed by atoms with Gasteiger partial charge in [-0.3, -0.25) is 14.9 Å². The fraction of sp³-hybridized carbons (Fsp3) is 0. The number of carbonyl (C=O) groups excluding carboxylic acids is 1. The average molecular weight is 338 g/mol. The van der Waals surface area contributed by atoms with Crippen LogP contribution >= 0.6 is 23.2 Å². The van der Waals surface area contributed by atoms with Crippen molar-refractivity contribution in [1.29, 1.82) is 0 Å². The van der Waals surface area contributed by atoms with Crippen LogP contribution < -0.4 is 5.43 Å². The minimum absolute atomic E-state index is 0.0193. The summed E-state index contributed by atoms with van der Waals surface area (Å²) in [4.78, 5) is 21.9. The Morgan fingerprint density at radius 3 is 2.45 bits per heavy atom. The van der Waals surface area contributed by atoms with Gasteiger partial charge in [-0.25, -0.2) is 5.43 Å². The predicted octanol–water partition coefficient (Wildman–Crippen LogP) is 3.67. The molecule has 8 heteroatoms. The number of nitrogens with zero attached hydrogens (tertiary/aromatic N) is 2.